The Morgan fingerprint density at radius 2 is 1.86 bits per heavy atom. The van der Waals surface area contributed by atoms with Crippen molar-refractivity contribution in [3.05, 3.63) is 29.0 Å². The van der Waals surface area contributed by atoms with E-state index in [4.69, 9.17) is 16.6 Å². The number of likely N-dealkylation sites (N-methyl/N-ethyl adjacent to an activating group) is 1. The van der Waals surface area contributed by atoms with Crippen LogP contribution < -0.4 is 4.90 Å². The number of benzene rings is 1. The van der Waals surface area contributed by atoms with E-state index >= 15 is 0 Å². The molecule has 0 saturated carbocycles. The van der Waals surface area contributed by atoms with Crippen molar-refractivity contribution < 1.29 is 0 Å². The van der Waals surface area contributed by atoms with E-state index in [9.17, 15) is 0 Å². The zero-order chi connectivity index (χ0) is 15.3. The van der Waals surface area contributed by atoms with E-state index in [2.05, 4.69) is 26.9 Å². The van der Waals surface area contributed by atoms with Crippen LogP contribution in [0.5, 0.6) is 0 Å². The molecular formula is C15H17ClN6. The van der Waals surface area contributed by atoms with Gasteiger partial charge in [0.05, 0.1) is 5.52 Å². The minimum atomic E-state index is 0.685. The summed E-state index contributed by atoms with van der Waals surface area (Å²) in [6.45, 7) is 5.81. The van der Waals surface area contributed by atoms with Crippen LogP contribution in [-0.4, -0.2) is 57.7 Å². The molecule has 0 radical (unpaired) electrons. The number of halogens is 1. The fourth-order valence-corrected chi connectivity index (χ4v) is 3.05. The number of aryl methyl sites for hydroxylation is 1. The highest BCUT2D eigenvalue weighted by molar-refractivity contribution is 6.31. The van der Waals surface area contributed by atoms with Gasteiger partial charge in [0.15, 0.2) is 5.65 Å². The fourth-order valence-electron chi connectivity index (χ4n) is 2.88. The van der Waals surface area contributed by atoms with Crippen LogP contribution in [0.4, 0.5) is 5.95 Å². The number of aromatic nitrogens is 4. The van der Waals surface area contributed by atoms with Gasteiger partial charge >= 0.3 is 0 Å². The first-order valence-electron chi connectivity index (χ1n) is 7.38. The maximum absolute atomic E-state index is 6.13. The van der Waals surface area contributed by atoms with E-state index in [1.807, 2.05) is 29.6 Å². The smallest absolute Gasteiger partial charge is 0.229 e. The van der Waals surface area contributed by atoms with Crippen LogP contribution in [0.15, 0.2) is 18.2 Å². The van der Waals surface area contributed by atoms with E-state index < -0.39 is 0 Å². The van der Waals surface area contributed by atoms with Gasteiger partial charge in [0.25, 0.3) is 0 Å². The second-order valence-electron chi connectivity index (χ2n) is 5.76. The Morgan fingerprint density at radius 1 is 1.09 bits per heavy atom. The van der Waals surface area contributed by atoms with Crippen LogP contribution in [0.3, 0.4) is 0 Å². The van der Waals surface area contributed by atoms with Gasteiger partial charge in [0, 0.05) is 36.6 Å². The number of piperazine rings is 1. The number of nitrogens with zero attached hydrogens (tertiary/aromatic N) is 6. The Kier molecular flexibility index (Phi) is 3.16. The molecule has 0 aliphatic carbocycles. The Balaban J connectivity index is 1.95. The Bertz CT molecular complexity index is 850. The molecule has 0 bridgehead atoms. The van der Waals surface area contributed by atoms with Gasteiger partial charge in [-0.05, 0) is 32.2 Å². The number of fused-ring (bicyclic) bond motifs is 3. The molecule has 1 saturated heterocycles. The number of anilines is 1. The third-order valence-electron chi connectivity index (χ3n) is 4.11. The van der Waals surface area contributed by atoms with Crippen LogP contribution in [0.25, 0.3) is 16.6 Å². The lowest BCUT2D eigenvalue weighted by Crippen LogP contribution is -2.45. The highest BCUT2D eigenvalue weighted by Crippen LogP contribution is 2.25. The summed E-state index contributed by atoms with van der Waals surface area (Å²) in [5.41, 5.74) is 1.70. The molecule has 2 aromatic heterocycles. The van der Waals surface area contributed by atoms with Crippen molar-refractivity contribution in [3.63, 3.8) is 0 Å². The molecule has 4 rings (SSSR count). The number of hydrogen-bond acceptors (Lipinski definition) is 5. The molecule has 0 N–H and O–H groups in total. The number of rotatable bonds is 1. The van der Waals surface area contributed by atoms with Gasteiger partial charge in [0.2, 0.25) is 5.95 Å². The zero-order valence-corrected chi connectivity index (χ0v) is 13.4. The monoisotopic (exact) mass is 316 g/mol. The SMILES string of the molecule is Cc1nc2c3ccc(Cl)cc3nc(N3CCN(C)CC3)n2n1. The summed E-state index contributed by atoms with van der Waals surface area (Å²) in [6, 6.07) is 5.72. The maximum Gasteiger partial charge on any atom is 0.229 e. The van der Waals surface area contributed by atoms with Crippen molar-refractivity contribution in [1.29, 1.82) is 0 Å². The summed E-state index contributed by atoms with van der Waals surface area (Å²) in [5, 5.41) is 6.19. The molecule has 1 aliphatic heterocycles. The van der Waals surface area contributed by atoms with Crippen molar-refractivity contribution in [3.8, 4) is 0 Å². The lowest BCUT2D eigenvalue weighted by atomic mass is 10.2. The second-order valence-corrected chi connectivity index (χ2v) is 6.19. The Morgan fingerprint density at radius 3 is 2.64 bits per heavy atom. The molecule has 22 heavy (non-hydrogen) atoms. The summed E-state index contributed by atoms with van der Waals surface area (Å²) < 4.78 is 1.86. The average Bonchev–Trinajstić information content (AvgIpc) is 2.88. The van der Waals surface area contributed by atoms with Crippen LogP contribution in [-0.2, 0) is 0 Å². The van der Waals surface area contributed by atoms with E-state index in [1.165, 1.54) is 0 Å². The minimum absolute atomic E-state index is 0.685. The summed E-state index contributed by atoms with van der Waals surface area (Å²) in [5.74, 6) is 1.60. The third kappa shape index (κ3) is 2.19. The highest BCUT2D eigenvalue weighted by Gasteiger charge is 2.20. The molecule has 0 spiro atoms. The van der Waals surface area contributed by atoms with Crippen LogP contribution >= 0.6 is 11.6 Å². The quantitative estimate of drug-likeness (QED) is 0.687. The Labute approximate surface area is 133 Å². The molecule has 3 aromatic rings. The van der Waals surface area contributed by atoms with Gasteiger partial charge in [-0.15, -0.1) is 5.10 Å². The van der Waals surface area contributed by atoms with E-state index in [0.29, 0.717) is 5.02 Å². The van der Waals surface area contributed by atoms with Gasteiger partial charge in [-0.25, -0.2) is 9.97 Å². The molecule has 3 heterocycles. The normalized spacial score (nSPS) is 16.8. The minimum Gasteiger partial charge on any atom is -0.338 e. The second kappa shape index (κ2) is 5.07. The lowest BCUT2D eigenvalue weighted by molar-refractivity contribution is 0.310. The fraction of sp³-hybridized carbons (Fsp3) is 0.400. The molecular weight excluding hydrogens is 300 g/mol. The summed E-state index contributed by atoms with van der Waals surface area (Å²) >= 11 is 6.13. The van der Waals surface area contributed by atoms with E-state index in [0.717, 1.165) is 54.5 Å². The van der Waals surface area contributed by atoms with Crippen LogP contribution in [0, 0.1) is 6.92 Å². The van der Waals surface area contributed by atoms with Crippen molar-refractivity contribution in [1.82, 2.24) is 24.5 Å². The van der Waals surface area contributed by atoms with Crippen molar-refractivity contribution in [2.45, 2.75) is 6.92 Å². The third-order valence-corrected chi connectivity index (χ3v) is 4.34. The predicted octanol–water partition coefficient (Wildman–Crippen LogP) is 1.99. The Hall–Kier alpha value is -1.92. The predicted molar refractivity (Wildman–Crippen MR) is 87.7 cm³/mol. The van der Waals surface area contributed by atoms with Crippen molar-refractivity contribution in [2.75, 3.05) is 38.1 Å². The van der Waals surface area contributed by atoms with E-state index in [1.54, 1.807) is 0 Å². The van der Waals surface area contributed by atoms with Crippen molar-refractivity contribution >= 4 is 34.1 Å². The van der Waals surface area contributed by atoms with Gasteiger partial charge in [-0.1, -0.05) is 11.6 Å². The summed E-state index contributed by atoms with van der Waals surface area (Å²) in [7, 11) is 2.14. The molecule has 114 valence electrons. The number of hydrogen-bond donors (Lipinski definition) is 0. The first-order chi connectivity index (χ1) is 10.6. The lowest BCUT2D eigenvalue weighted by Gasteiger charge is -2.33. The standard InChI is InChI=1S/C15H17ClN6/c1-10-17-14-12-4-3-11(16)9-13(12)18-15(22(14)19-10)21-7-5-20(2)6-8-21/h3-4,9H,5-8H2,1-2H3. The van der Waals surface area contributed by atoms with E-state index in [-0.39, 0.29) is 0 Å². The van der Waals surface area contributed by atoms with Gasteiger partial charge in [-0.3, -0.25) is 0 Å². The largest absolute Gasteiger partial charge is 0.338 e. The van der Waals surface area contributed by atoms with Gasteiger partial charge < -0.3 is 9.80 Å². The van der Waals surface area contributed by atoms with Crippen LogP contribution in [0.2, 0.25) is 5.02 Å². The maximum atomic E-state index is 6.13. The van der Waals surface area contributed by atoms with Gasteiger partial charge in [0.1, 0.15) is 5.82 Å². The zero-order valence-electron chi connectivity index (χ0n) is 12.6. The molecule has 1 aliphatic rings. The molecule has 1 fully saturated rings. The molecule has 0 unspecified atom stereocenters. The molecule has 0 amide bonds. The first-order valence-corrected chi connectivity index (χ1v) is 7.76. The topological polar surface area (TPSA) is 49.6 Å². The summed E-state index contributed by atoms with van der Waals surface area (Å²) in [4.78, 5) is 14.0. The average molecular weight is 317 g/mol. The van der Waals surface area contributed by atoms with Crippen LogP contribution in [0.1, 0.15) is 5.82 Å². The first kappa shape index (κ1) is 13.7. The molecule has 0 atom stereocenters. The summed E-state index contributed by atoms with van der Waals surface area (Å²) in [6.07, 6.45) is 0. The van der Waals surface area contributed by atoms with Gasteiger partial charge in [-0.2, -0.15) is 4.52 Å². The molecule has 6 nitrogen and oxygen atoms in total. The molecule has 7 heteroatoms. The molecule has 1 aromatic carbocycles. The van der Waals surface area contributed by atoms with Crippen molar-refractivity contribution in [2.24, 2.45) is 0 Å². The highest BCUT2D eigenvalue weighted by atomic mass is 35.5.